The van der Waals surface area contributed by atoms with Crippen molar-refractivity contribution in [3.05, 3.63) is 18.2 Å². The maximum atomic E-state index is 12.0. The van der Waals surface area contributed by atoms with Gasteiger partial charge in [0.25, 0.3) is 0 Å². The lowest BCUT2D eigenvalue weighted by molar-refractivity contribution is -0.128. The molecule has 0 spiro atoms. The number of hydrogen-bond acceptors (Lipinski definition) is 4. The molecule has 2 fully saturated rings. The summed E-state index contributed by atoms with van der Waals surface area (Å²) in [6.07, 6.45) is 6.89. The summed E-state index contributed by atoms with van der Waals surface area (Å²) in [4.78, 5) is 21.1. The number of ether oxygens (including phenoxy) is 1. The zero-order chi connectivity index (χ0) is 15.6. The molecule has 126 valence electrons. The maximum Gasteiger partial charge on any atom is 0.222 e. The molecule has 0 saturated carbocycles. The third kappa shape index (κ3) is 3.43. The summed E-state index contributed by atoms with van der Waals surface area (Å²) in [5, 5.41) is 0. The molecule has 1 aromatic heterocycles. The van der Waals surface area contributed by atoms with E-state index in [1.54, 1.807) is 0 Å². The topological polar surface area (TPSA) is 50.6 Å². The van der Waals surface area contributed by atoms with Crippen molar-refractivity contribution in [2.24, 2.45) is 11.8 Å². The molecule has 6 nitrogen and oxygen atoms in total. The van der Waals surface area contributed by atoms with E-state index >= 15 is 0 Å². The van der Waals surface area contributed by atoms with Gasteiger partial charge in [0, 0.05) is 64.1 Å². The van der Waals surface area contributed by atoms with Crippen LogP contribution in [0.2, 0.25) is 0 Å². The number of hydrogen-bond donors (Lipinski definition) is 0. The van der Waals surface area contributed by atoms with Crippen LogP contribution >= 0.6 is 0 Å². The highest BCUT2D eigenvalue weighted by Gasteiger charge is 2.29. The Labute approximate surface area is 137 Å². The van der Waals surface area contributed by atoms with Crippen molar-refractivity contribution in [2.45, 2.75) is 32.4 Å². The van der Waals surface area contributed by atoms with E-state index < -0.39 is 0 Å². The fourth-order valence-corrected chi connectivity index (χ4v) is 4.18. The predicted molar refractivity (Wildman–Crippen MR) is 85.7 cm³/mol. The molecule has 4 heterocycles. The molecule has 1 aromatic rings. The van der Waals surface area contributed by atoms with Crippen molar-refractivity contribution in [3.8, 4) is 0 Å². The molecule has 0 unspecified atom stereocenters. The van der Waals surface area contributed by atoms with Gasteiger partial charge in [0.15, 0.2) is 0 Å². The molecule has 0 aliphatic carbocycles. The minimum Gasteiger partial charge on any atom is -0.381 e. The van der Waals surface area contributed by atoms with E-state index in [9.17, 15) is 4.79 Å². The molecular formula is C17H26N4O2. The van der Waals surface area contributed by atoms with Crippen LogP contribution in [0.4, 0.5) is 0 Å². The van der Waals surface area contributed by atoms with Gasteiger partial charge in [-0.2, -0.15) is 0 Å². The first kappa shape index (κ1) is 15.1. The molecule has 6 heteroatoms. The average molecular weight is 318 g/mol. The number of rotatable bonds is 4. The molecule has 2 saturated heterocycles. The molecule has 0 bridgehead atoms. The van der Waals surface area contributed by atoms with Gasteiger partial charge in [0.2, 0.25) is 5.91 Å². The number of carbonyl (C=O) groups excluding carboxylic acids is 1. The number of aromatic nitrogens is 2. The van der Waals surface area contributed by atoms with Crippen LogP contribution < -0.4 is 0 Å². The van der Waals surface area contributed by atoms with E-state index in [2.05, 4.69) is 25.5 Å². The second-order valence-electron chi connectivity index (χ2n) is 7.23. The van der Waals surface area contributed by atoms with Crippen LogP contribution in [-0.4, -0.2) is 64.7 Å². The molecular weight excluding hydrogens is 292 g/mol. The van der Waals surface area contributed by atoms with Crippen LogP contribution in [0.25, 0.3) is 0 Å². The van der Waals surface area contributed by atoms with E-state index in [4.69, 9.17) is 4.74 Å². The smallest absolute Gasteiger partial charge is 0.222 e. The van der Waals surface area contributed by atoms with Crippen LogP contribution in [0, 0.1) is 11.8 Å². The quantitative estimate of drug-likeness (QED) is 0.830. The first-order valence-corrected chi connectivity index (χ1v) is 8.86. The van der Waals surface area contributed by atoms with Crippen molar-refractivity contribution >= 4 is 5.91 Å². The highest BCUT2D eigenvalue weighted by molar-refractivity contribution is 5.78. The van der Waals surface area contributed by atoms with E-state index in [1.807, 2.05) is 6.20 Å². The van der Waals surface area contributed by atoms with Gasteiger partial charge >= 0.3 is 0 Å². The summed E-state index contributed by atoms with van der Waals surface area (Å²) in [6, 6.07) is 0. The Morgan fingerprint density at radius 1 is 1.26 bits per heavy atom. The molecule has 0 radical (unpaired) electrons. The summed E-state index contributed by atoms with van der Waals surface area (Å²) in [5.41, 5.74) is 0. The summed E-state index contributed by atoms with van der Waals surface area (Å²) < 4.78 is 7.81. The van der Waals surface area contributed by atoms with Crippen LogP contribution in [0.5, 0.6) is 0 Å². The van der Waals surface area contributed by atoms with Gasteiger partial charge in [-0.25, -0.2) is 4.98 Å². The van der Waals surface area contributed by atoms with Gasteiger partial charge in [0.1, 0.15) is 5.82 Å². The van der Waals surface area contributed by atoms with Crippen LogP contribution in [-0.2, 0) is 22.6 Å². The zero-order valence-corrected chi connectivity index (χ0v) is 13.7. The molecule has 3 aliphatic rings. The van der Waals surface area contributed by atoms with E-state index in [0.29, 0.717) is 17.7 Å². The van der Waals surface area contributed by atoms with E-state index in [0.717, 1.165) is 71.1 Å². The summed E-state index contributed by atoms with van der Waals surface area (Å²) in [7, 11) is 0. The fraction of sp³-hybridized carbons (Fsp3) is 0.765. The monoisotopic (exact) mass is 318 g/mol. The van der Waals surface area contributed by atoms with Crippen molar-refractivity contribution in [1.29, 1.82) is 0 Å². The fourth-order valence-electron chi connectivity index (χ4n) is 4.18. The van der Waals surface area contributed by atoms with Crippen LogP contribution in [0.3, 0.4) is 0 Å². The Bertz CT molecular complexity index is 553. The molecule has 2 atom stereocenters. The first-order valence-electron chi connectivity index (χ1n) is 8.86. The molecule has 1 amide bonds. The normalized spacial score (nSPS) is 29.0. The number of likely N-dealkylation sites (tertiary alicyclic amines) is 1. The molecule has 4 rings (SSSR count). The largest absolute Gasteiger partial charge is 0.381 e. The Balaban J connectivity index is 1.46. The second-order valence-corrected chi connectivity index (χ2v) is 7.23. The lowest BCUT2D eigenvalue weighted by Gasteiger charge is -2.28. The van der Waals surface area contributed by atoms with Crippen molar-refractivity contribution in [1.82, 2.24) is 19.4 Å². The van der Waals surface area contributed by atoms with Gasteiger partial charge in [-0.3, -0.25) is 9.69 Å². The lowest BCUT2D eigenvalue weighted by atomic mass is 10.1. The molecule has 23 heavy (non-hydrogen) atoms. The van der Waals surface area contributed by atoms with Gasteiger partial charge < -0.3 is 14.2 Å². The van der Waals surface area contributed by atoms with Gasteiger partial charge in [-0.1, -0.05) is 0 Å². The lowest BCUT2D eigenvalue weighted by Crippen LogP contribution is -2.38. The van der Waals surface area contributed by atoms with E-state index in [-0.39, 0.29) is 0 Å². The van der Waals surface area contributed by atoms with Gasteiger partial charge in [-0.15, -0.1) is 0 Å². The van der Waals surface area contributed by atoms with Crippen molar-refractivity contribution in [2.75, 3.05) is 39.4 Å². The molecule has 0 aromatic carbocycles. The van der Waals surface area contributed by atoms with Crippen molar-refractivity contribution < 1.29 is 9.53 Å². The number of amides is 1. The number of imidazole rings is 1. The average Bonchev–Trinajstić information content (AvgIpc) is 3.24. The first-order chi connectivity index (χ1) is 11.3. The third-order valence-corrected chi connectivity index (χ3v) is 5.33. The van der Waals surface area contributed by atoms with Crippen molar-refractivity contribution in [3.63, 3.8) is 0 Å². The summed E-state index contributed by atoms with van der Waals surface area (Å²) in [5.74, 6) is 2.61. The summed E-state index contributed by atoms with van der Waals surface area (Å²) in [6.45, 7) is 7.61. The van der Waals surface area contributed by atoms with Gasteiger partial charge in [-0.05, 0) is 18.8 Å². The Morgan fingerprint density at radius 2 is 2.22 bits per heavy atom. The second kappa shape index (κ2) is 6.61. The highest BCUT2D eigenvalue weighted by Crippen LogP contribution is 2.22. The Morgan fingerprint density at radius 3 is 3.00 bits per heavy atom. The third-order valence-electron chi connectivity index (χ3n) is 5.33. The maximum absolute atomic E-state index is 12.0. The zero-order valence-electron chi connectivity index (χ0n) is 13.7. The van der Waals surface area contributed by atoms with Crippen LogP contribution in [0.1, 0.15) is 25.1 Å². The molecule has 3 aliphatic heterocycles. The minimum atomic E-state index is 0.329. The summed E-state index contributed by atoms with van der Waals surface area (Å²) >= 11 is 0. The number of carbonyl (C=O) groups is 1. The predicted octanol–water partition coefficient (Wildman–Crippen LogP) is 0.974. The highest BCUT2D eigenvalue weighted by atomic mass is 16.5. The number of fused-ring (bicyclic) bond motifs is 1. The van der Waals surface area contributed by atoms with Crippen LogP contribution in [0.15, 0.2) is 12.4 Å². The van der Waals surface area contributed by atoms with Gasteiger partial charge in [0.05, 0.1) is 13.2 Å². The Kier molecular flexibility index (Phi) is 4.35. The SMILES string of the molecule is O=C1CCCN1C[C@@H]1CN(C[C@@H]2CCOC2)Cc2nccn2C1. The number of nitrogens with zero attached hydrogens (tertiary/aromatic N) is 4. The minimum absolute atomic E-state index is 0.329. The van der Waals surface area contributed by atoms with E-state index in [1.165, 1.54) is 6.42 Å². The standard InChI is InChI=1S/C17H26N4O2/c22-17-2-1-5-21(17)11-15-9-19(8-14-3-7-23-13-14)12-16-18-4-6-20(16)10-15/h4,6,14-15H,1-3,5,7-13H2/t14-,15+/m0/s1. The molecule has 0 N–H and O–H groups in total. The Hall–Kier alpha value is -1.40.